The van der Waals surface area contributed by atoms with Crippen LogP contribution in [0.5, 0.6) is 0 Å². The number of carboxylic acids is 5. The van der Waals surface area contributed by atoms with Crippen LogP contribution in [0, 0.1) is 39.9 Å². The number of phosphoric acid groups is 1. The molecular weight excluding hydrogens is 851 g/mol. The van der Waals surface area contributed by atoms with Crippen molar-refractivity contribution in [3.8, 4) is 0 Å². The normalized spacial score (nSPS) is 16.2. The van der Waals surface area contributed by atoms with Crippen LogP contribution in [0.15, 0.2) is 60.7 Å². The molecule has 19 heteroatoms. The molecule has 0 aliphatic heterocycles. The molecule has 0 aromatic heterocycles. The Labute approximate surface area is 332 Å². The van der Waals surface area contributed by atoms with E-state index in [-0.39, 0.29) is 53.0 Å². The van der Waals surface area contributed by atoms with Gasteiger partial charge in [0, 0.05) is 63.8 Å². The number of aliphatic carboxylic acids is 5. The first-order chi connectivity index (χ1) is 24.1. The number of phosphoric ester groups is 1. The first kappa shape index (κ1) is 45.3. The number of nitrogens with zero attached hydrogens (tertiary/aromatic N) is 3. The van der Waals surface area contributed by atoms with Crippen LogP contribution >= 0.6 is 7.82 Å². The number of hydrogen-bond donors (Lipinski definition) is 0. The number of hydrogen-bond acceptors (Lipinski definition) is 17. The van der Waals surface area contributed by atoms with E-state index in [1.54, 1.807) is 0 Å². The van der Waals surface area contributed by atoms with Gasteiger partial charge in [-0.1, -0.05) is 60.7 Å². The molecule has 0 heterocycles. The van der Waals surface area contributed by atoms with E-state index in [0.29, 0.717) is 25.7 Å². The van der Waals surface area contributed by atoms with Crippen molar-refractivity contribution < 1.29 is 108 Å². The predicted octanol–water partition coefficient (Wildman–Crippen LogP) is -5.56. The molecule has 2 atom stereocenters. The van der Waals surface area contributed by atoms with Gasteiger partial charge in [0.1, 0.15) is 0 Å². The summed E-state index contributed by atoms with van der Waals surface area (Å²) in [6, 6.07) is 18.1. The number of rotatable bonds is 23. The van der Waals surface area contributed by atoms with Crippen molar-refractivity contribution in [1.29, 1.82) is 0 Å². The molecular formula is C33H38GdN3O14P-3. The molecule has 52 heavy (non-hydrogen) atoms. The summed E-state index contributed by atoms with van der Waals surface area (Å²) in [5, 5.41) is 56.7. The number of carbonyl (C=O) groups excluding carboxylic acids is 5. The maximum absolute atomic E-state index is 13.1. The SMILES string of the molecule is O=C([O-])CN(CCN(CC(=O)[O-])CC(COP(=O)([O-])OC1CCC(c2ccccc2)(c2ccccc2)CC1)N(CC(=O)[O-])CC(=O)[O-])CC(=O)[O-].[Gd+3]. The molecule has 1 aliphatic carbocycles. The van der Waals surface area contributed by atoms with E-state index in [4.69, 9.17) is 9.05 Å². The fraction of sp³-hybridized carbons (Fsp3) is 0.485. The molecule has 3 rings (SSSR count). The van der Waals surface area contributed by atoms with Gasteiger partial charge < -0.3 is 63.4 Å². The maximum atomic E-state index is 13.1. The van der Waals surface area contributed by atoms with Crippen molar-refractivity contribution in [1.82, 2.24) is 14.7 Å². The Morgan fingerprint density at radius 1 is 0.692 bits per heavy atom. The van der Waals surface area contributed by atoms with Gasteiger partial charge in [-0.15, -0.1) is 0 Å². The fourth-order valence-electron chi connectivity index (χ4n) is 6.34. The Kier molecular flexibility index (Phi) is 18.9. The summed E-state index contributed by atoms with van der Waals surface area (Å²) in [4.78, 5) is 72.4. The van der Waals surface area contributed by atoms with Gasteiger partial charge >= 0.3 is 39.9 Å². The average molecular weight is 889 g/mol. The summed E-state index contributed by atoms with van der Waals surface area (Å²) in [5.41, 5.74) is 1.71. The fourth-order valence-corrected chi connectivity index (χ4v) is 7.33. The van der Waals surface area contributed by atoms with Gasteiger partial charge in [-0.2, -0.15) is 0 Å². The monoisotopic (exact) mass is 889 g/mol. The van der Waals surface area contributed by atoms with Gasteiger partial charge in [0.05, 0.1) is 42.6 Å². The zero-order valence-electron chi connectivity index (χ0n) is 28.0. The van der Waals surface area contributed by atoms with Crippen molar-refractivity contribution in [2.24, 2.45) is 0 Å². The van der Waals surface area contributed by atoms with E-state index >= 15 is 0 Å². The molecule has 1 saturated carbocycles. The van der Waals surface area contributed by atoms with Crippen LogP contribution in [0.2, 0.25) is 0 Å². The first-order valence-electron chi connectivity index (χ1n) is 16.0. The molecule has 2 aromatic rings. The van der Waals surface area contributed by atoms with Crippen molar-refractivity contribution in [2.75, 3.05) is 59.0 Å². The summed E-state index contributed by atoms with van der Waals surface area (Å²) in [6.45, 7) is -6.98. The molecule has 0 spiro atoms. The Hall–Kier alpha value is -2.90. The van der Waals surface area contributed by atoms with Crippen molar-refractivity contribution >= 4 is 37.7 Å². The van der Waals surface area contributed by atoms with Gasteiger partial charge in [0.2, 0.25) is 0 Å². The first-order valence-corrected chi connectivity index (χ1v) is 17.5. The van der Waals surface area contributed by atoms with E-state index < -0.39 is 101 Å². The molecule has 1 aliphatic rings. The summed E-state index contributed by atoms with van der Waals surface area (Å²) >= 11 is 0. The van der Waals surface area contributed by atoms with E-state index in [9.17, 15) is 59.0 Å². The third kappa shape index (κ3) is 15.2. The molecule has 0 bridgehead atoms. The molecule has 0 amide bonds. The van der Waals surface area contributed by atoms with Crippen molar-refractivity contribution in [3.63, 3.8) is 0 Å². The van der Waals surface area contributed by atoms with Crippen LogP contribution in [0.4, 0.5) is 0 Å². The average Bonchev–Trinajstić information content (AvgIpc) is 3.05. The Morgan fingerprint density at radius 2 is 1.10 bits per heavy atom. The third-order valence-corrected chi connectivity index (χ3v) is 9.60. The van der Waals surface area contributed by atoms with Gasteiger partial charge in [-0.25, -0.2) is 0 Å². The summed E-state index contributed by atoms with van der Waals surface area (Å²) < 4.78 is 23.7. The molecule has 285 valence electrons. The largest absolute Gasteiger partial charge is 3.00 e. The quantitative estimate of drug-likeness (QED) is 0.0942. The number of benzene rings is 2. The van der Waals surface area contributed by atoms with Crippen molar-refractivity contribution in [2.45, 2.75) is 43.2 Å². The zero-order chi connectivity index (χ0) is 37.6. The summed E-state index contributed by atoms with van der Waals surface area (Å²) in [7, 11) is -5.15. The van der Waals surface area contributed by atoms with Crippen LogP contribution in [0.25, 0.3) is 0 Å². The van der Waals surface area contributed by atoms with E-state index in [1.807, 2.05) is 60.7 Å². The minimum atomic E-state index is -5.15. The summed E-state index contributed by atoms with van der Waals surface area (Å²) in [5.74, 6) is -8.46. The molecule has 2 unspecified atom stereocenters. The molecule has 2 aromatic carbocycles. The topological polar surface area (TPSA) is 269 Å². The molecule has 0 N–H and O–H groups in total. The van der Waals surface area contributed by atoms with Crippen LogP contribution in [-0.4, -0.2) is 116 Å². The van der Waals surface area contributed by atoms with Gasteiger partial charge in [-0.3, -0.25) is 19.3 Å². The Balaban J connectivity index is 0.00000936. The van der Waals surface area contributed by atoms with E-state index in [0.717, 1.165) is 25.8 Å². The van der Waals surface area contributed by atoms with Gasteiger partial charge in [-0.05, 0) is 36.8 Å². The van der Waals surface area contributed by atoms with Crippen LogP contribution in [-0.2, 0) is 43.0 Å². The Bertz CT molecular complexity index is 1450. The minimum Gasteiger partial charge on any atom is -0.756 e. The minimum absolute atomic E-state index is 0. The summed E-state index contributed by atoms with van der Waals surface area (Å²) in [6.07, 6.45) is 0.910. The third-order valence-electron chi connectivity index (χ3n) is 8.58. The molecule has 0 saturated heterocycles. The molecule has 1 fully saturated rings. The van der Waals surface area contributed by atoms with E-state index in [2.05, 4.69) is 0 Å². The van der Waals surface area contributed by atoms with Gasteiger partial charge in [0.25, 0.3) is 7.82 Å². The zero-order valence-corrected chi connectivity index (χ0v) is 31.1. The van der Waals surface area contributed by atoms with Crippen LogP contribution < -0.4 is 30.4 Å². The Morgan fingerprint density at radius 3 is 1.52 bits per heavy atom. The van der Waals surface area contributed by atoms with Crippen LogP contribution in [0.3, 0.4) is 0 Å². The maximum Gasteiger partial charge on any atom is 3.00 e. The van der Waals surface area contributed by atoms with Crippen molar-refractivity contribution in [3.05, 3.63) is 71.8 Å². The van der Waals surface area contributed by atoms with Gasteiger partial charge in [0.15, 0.2) is 0 Å². The standard InChI is InChI=1S/C33H44N3O14P.Gd/c37-28(38)18-34(15-16-35(19-29(39)40)20-30(41)42)17-26(36(21-31(43)44)22-32(45)46)23-49-51(47,48)50-27-11-13-33(14-12-27,24-7-3-1-4-8-24)25-9-5-2-6-10-25;/h1-10,26-27H,11-23H2,(H,37,38)(H,39,40)(H,41,42)(H,43,44)(H,45,46)(H,47,48);/q;+3/p-6. The second-order valence-electron chi connectivity index (χ2n) is 12.2. The molecule has 17 nitrogen and oxygen atoms in total. The second kappa shape index (κ2) is 21.7. The number of carbonyl (C=O) groups is 5. The predicted molar refractivity (Wildman–Crippen MR) is 164 cm³/mol. The second-order valence-corrected chi connectivity index (χ2v) is 13.6. The molecule has 1 radical (unpaired) electrons. The van der Waals surface area contributed by atoms with E-state index in [1.165, 1.54) is 0 Å². The smallest absolute Gasteiger partial charge is 0.756 e. The number of carboxylic acid groups (broad SMARTS) is 5. The van der Waals surface area contributed by atoms with Crippen LogP contribution in [0.1, 0.15) is 36.8 Å².